The molecule has 3 N–H and O–H groups in total. The van der Waals surface area contributed by atoms with Crippen molar-refractivity contribution in [3.8, 4) is 0 Å². The molecule has 0 aromatic carbocycles. The fraction of sp³-hybridized carbons (Fsp3) is 0.455. The number of nitrogens with zero attached hydrogens (tertiary/aromatic N) is 3. The number of fused-ring (bicyclic) bond motifs is 1. The highest BCUT2D eigenvalue weighted by Gasteiger charge is 2.27. The predicted octanol–water partition coefficient (Wildman–Crippen LogP) is -0.0909. The van der Waals surface area contributed by atoms with Crippen LogP contribution in [0.2, 0.25) is 0 Å². The van der Waals surface area contributed by atoms with Crippen molar-refractivity contribution in [2.24, 2.45) is 5.92 Å². The highest BCUT2D eigenvalue weighted by molar-refractivity contribution is 7.91. The molecule has 3 rings (SSSR count). The molecule has 3 heterocycles. The first kappa shape index (κ1) is 13.7. The van der Waals surface area contributed by atoms with Crippen LogP contribution in [0.15, 0.2) is 12.7 Å². The summed E-state index contributed by atoms with van der Waals surface area (Å²) in [6.07, 6.45) is 3.36. The lowest BCUT2D eigenvalue weighted by molar-refractivity contribution is 0.250. The molecule has 1 saturated heterocycles. The van der Waals surface area contributed by atoms with Gasteiger partial charge < -0.3 is 10.3 Å². The van der Waals surface area contributed by atoms with Gasteiger partial charge in [0, 0.05) is 6.54 Å². The molecule has 9 nitrogen and oxygen atoms in total. The average Bonchev–Trinajstić information content (AvgIpc) is 3.03. The zero-order valence-corrected chi connectivity index (χ0v) is 11.9. The van der Waals surface area contributed by atoms with Gasteiger partial charge in [0.15, 0.2) is 21.3 Å². The number of carbonyl (C=O) groups is 1. The van der Waals surface area contributed by atoms with Gasteiger partial charge in [-0.15, -0.1) is 0 Å². The van der Waals surface area contributed by atoms with Gasteiger partial charge >= 0.3 is 6.03 Å². The number of carbonyl (C=O) groups excluding carboxylic acids is 1. The number of hydrogen-bond donors (Lipinski definition) is 3. The summed E-state index contributed by atoms with van der Waals surface area (Å²) in [6, 6.07) is -0.436. The van der Waals surface area contributed by atoms with E-state index >= 15 is 0 Å². The number of aromatic amines is 1. The first-order chi connectivity index (χ1) is 10.0. The second-order valence-corrected chi connectivity index (χ2v) is 7.16. The lowest BCUT2D eigenvalue weighted by Gasteiger charge is -2.10. The largest absolute Gasteiger partial charge is 0.340 e. The Morgan fingerprint density at radius 3 is 3.00 bits per heavy atom. The van der Waals surface area contributed by atoms with Gasteiger partial charge in [0.2, 0.25) is 0 Å². The van der Waals surface area contributed by atoms with Crippen molar-refractivity contribution in [3.63, 3.8) is 0 Å². The van der Waals surface area contributed by atoms with E-state index in [1.165, 1.54) is 12.7 Å². The molecule has 2 aromatic rings. The third-order valence-electron chi connectivity index (χ3n) is 3.33. The van der Waals surface area contributed by atoms with Crippen molar-refractivity contribution in [1.29, 1.82) is 0 Å². The highest BCUT2D eigenvalue weighted by Crippen LogP contribution is 2.17. The molecule has 1 aliphatic heterocycles. The Kier molecular flexibility index (Phi) is 3.45. The SMILES string of the molecule is O=C(NC[C@@H]1CCS(=O)(=O)C1)Nc1ncnc2nc[nH]c12. The number of amides is 2. The van der Waals surface area contributed by atoms with E-state index in [9.17, 15) is 13.2 Å². The predicted molar refractivity (Wildman–Crippen MR) is 75.5 cm³/mol. The summed E-state index contributed by atoms with van der Waals surface area (Å²) in [4.78, 5) is 26.6. The molecular formula is C11H14N6O3S. The van der Waals surface area contributed by atoms with Gasteiger partial charge in [-0.05, 0) is 12.3 Å². The Hall–Kier alpha value is -2.23. The molecule has 1 fully saturated rings. The summed E-state index contributed by atoms with van der Waals surface area (Å²) >= 11 is 0. The van der Waals surface area contributed by atoms with Crippen LogP contribution in [0.5, 0.6) is 0 Å². The lowest BCUT2D eigenvalue weighted by atomic mass is 10.1. The molecule has 0 saturated carbocycles. The van der Waals surface area contributed by atoms with Crippen LogP contribution in [0.25, 0.3) is 11.2 Å². The van der Waals surface area contributed by atoms with Crippen LogP contribution in [0.4, 0.5) is 10.6 Å². The third kappa shape index (κ3) is 3.10. The van der Waals surface area contributed by atoms with E-state index in [2.05, 4.69) is 30.6 Å². The molecule has 0 unspecified atom stereocenters. The van der Waals surface area contributed by atoms with Crippen LogP contribution in [0.1, 0.15) is 6.42 Å². The zero-order chi connectivity index (χ0) is 14.9. The van der Waals surface area contributed by atoms with Crippen LogP contribution in [-0.2, 0) is 9.84 Å². The summed E-state index contributed by atoms with van der Waals surface area (Å²) < 4.78 is 22.7. The van der Waals surface area contributed by atoms with Crippen LogP contribution >= 0.6 is 0 Å². The fourth-order valence-corrected chi connectivity index (χ4v) is 4.14. The summed E-state index contributed by atoms with van der Waals surface area (Å²) in [5, 5.41) is 5.25. The summed E-state index contributed by atoms with van der Waals surface area (Å²) in [5.41, 5.74) is 0.998. The average molecular weight is 310 g/mol. The fourth-order valence-electron chi connectivity index (χ4n) is 2.28. The molecule has 0 spiro atoms. The monoisotopic (exact) mass is 310 g/mol. The minimum absolute atomic E-state index is 0.0293. The molecule has 10 heteroatoms. The Balaban J connectivity index is 1.58. The zero-order valence-electron chi connectivity index (χ0n) is 11.0. The van der Waals surface area contributed by atoms with E-state index in [0.29, 0.717) is 29.9 Å². The highest BCUT2D eigenvalue weighted by atomic mass is 32.2. The number of urea groups is 1. The van der Waals surface area contributed by atoms with Gasteiger partial charge in [-0.2, -0.15) is 0 Å². The third-order valence-corrected chi connectivity index (χ3v) is 5.17. The Bertz CT molecular complexity index is 771. The van der Waals surface area contributed by atoms with E-state index in [4.69, 9.17) is 0 Å². The first-order valence-corrected chi connectivity index (χ1v) is 8.25. The number of rotatable bonds is 3. The lowest BCUT2D eigenvalue weighted by Crippen LogP contribution is -2.33. The van der Waals surface area contributed by atoms with Crippen molar-refractivity contribution in [3.05, 3.63) is 12.7 Å². The van der Waals surface area contributed by atoms with Gasteiger partial charge in [-0.3, -0.25) is 5.32 Å². The van der Waals surface area contributed by atoms with Gasteiger partial charge in [0.1, 0.15) is 11.8 Å². The first-order valence-electron chi connectivity index (χ1n) is 6.43. The van der Waals surface area contributed by atoms with Crippen molar-refractivity contribution < 1.29 is 13.2 Å². The van der Waals surface area contributed by atoms with E-state index < -0.39 is 15.9 Å². The summed E-state index contributed by atoms with van der Waals surface area (Å²) in [5.74, 6) is 0.625. The summed E-state index contributed by atoms with van der Waals surface area (Å²) in [6.45, 7) is 0.322. The molecule has 0 radical (unpaired) electrons. The maximum atomic E-state index is 11.8. The number of H-pyrrole nitrogens is 1. The van der Waals surface area contributed by atoms with Crippen LogP contribution < -0.4 is 10.6 Å². The number of nitrogens with one attached hydrogen (secondary N) is 3. The molecule has 2 amide bonds. The smallest absolute Gasteiger partial charge is 0.320 e. The molecule has 112 valence electrons. The van der Waals surface area contributed by atoms with E-state index in [1.807, 2.05) is 0 Å². The van der Waals surface area contributed by atoms with Crippen molar-refractivity contribution in [1.82, 2.24) is 25.3 Å². The molecule has 0 aliphatic carbocycles. The Morgan fingerprint density at radius 2 is 2.24 bits per heavy atom. The van der Waals surface area contributed by atoms with Crippen molar-refractivity contribution in [2.45, 2.75) is 6.42 Å². The maximum absolute atomic E-state index is 11.8. The minimum Gasteiger partial charge on any atom is -0.340 e. The van der Waals surface area contributed by atoms with Gasteiger partial charge in [0.25, 0.3) is 0 Å². The van der Waals surface area contributed by atoms with E-state index in [-0.39, 0.29) is 17.4 Å². The van der Waals surface area contributed by atoms with Crippen molar-refractivity contribution in [2.75, 3.05) is 23.4 Å². The second-order valence-electron chi connectivity index (χ2n) is 4.93. The number of anilines is 1. The standard InChI is InChI=1S/C11H14N6O3S/c18-11(12-3-7-1-2-21(19,20)4-7)17-10-8-9(14-5-13-8)15-6-16-10/h5-7H,1-4H2,(H3,12,13,14,15,16,17,18)/t7-/m0/s1. The Labute approximate surface area is 120 Å². The maximum Gasteiger partial charge on any atom is 0.320 e. The van der Waals surface area contributed by atoms with Crippen LogP contribution in [-0.4, -0.2) is 52.4 Å². The quantitative estimate of drug-likeness (QED) is 0.726. The molecule has 0 bridgehead atoms. The van der Waals surface area contributed by atoms with Gasteiger partial charge in [-0.1, -0.05) is 0 Å². The number of sulfone groups is 1. The normalized spacial score (nSPS) is 20.5. The van der Waals surface area contributed by atoms with E-state index in [1.54, 1.807) is 0 Å². The van der Waals surface area contributed by atoms with E-state index in [0.717, 1.165) is 0 Å². The van der Waals surface area contributed by atoms with Gasteiger partial charge in [0.05, 0.1) is 17.8 Å². The van der Waals surface area contributed by atoms with Crippen LogP contribution in [0, 0.1) is 5.92 Å². The molecule has 1 atom stereocenters. The summed E-state index contributed by atoms with van der Waals surface area (Å²) in [7, 11) is -2.93. The van der Waals surface area contributed by atoms with Gasteiger partial charge in [-0.25, -0.2) is 28.2 Å². The minimum atomic E-state index is -2.93. The number of imidazole rings is 1. The molecular weight excluding hydrogens is 296 g/mol. The molecule has 2 aromatic heterocycles. The van der Waals surface area contributed by atoms with Crippen molar-refractivity contribution >= 4 is 32.9 Å². The topological polar surface area (TPSA) is 130 Å². The van der Waals surface area contributed by atoms with Crippen LogP contribution in [0.3, 0.4) is 0 Å². The molecule has 21 heavy (non-hydrogen) atoms. The second kappa shape index (κ2) is 5.28. The Morgan fingerprint density at radius 1 is 1.38 bits per heavy atom. The molecule has 1 aliphatic rings. The number of aromatic nitrogens is 4. The number of hydrogen-bond acceptors (Lipinski definition) is 6.